The zero-order valence-corrected chi connectivity index (χ0v) is 20.9. The number of sulfonamides is 1. The molecule has 0 fully saturated rings. The van der Waals surface area contributed by atoms with Crippen molar-refractivity contribution in [2.75, 3.05) is 19.9 Å². The van der Waals surface area contributed by atoms with Crippen LogP contribution in [0.25, 0.3) is 0 Å². The van der Waals surface area contributed by atoms with Gasteiger partial charge in [0.15, 0.2) is 0 Å². The summed E-state index contributed by atoms with van der Waals surface area (Å²) in [5.41, 5.74) is 1.39. The predicted octanol–water partition coefficient (Wildman–Crippen LogP) is 3.19. The molecule has 10 heteroatoms. The standard InChI is InChI=1S/C23H33N3O6S/c1-15(2)32-23(28)25-13-18(5)26(20(7)27)21(14-25)11-10-16(3)17(4)12-22(19(6)31-8)24-33(9,29)30/h10-12,14-15,18,24H,3-4,6,13H2,1-2,5,7-9H3/b11-10-,22-12+. The Labute approximate surface area is 196 Å². The molecule has 0 aromatic rings. The number of amides is 2. The van der Waals surface area contributed by atoms with E-state index in [0.717, 1.165) is 6.26 Å². The third kappa shape index (κ3) is 8.64. The minimum Gasteiger partial charge on any atom is -0.495 e. The van der Waals surface area contributed by atoms with Gasteiger partial charge in [-0.25, -0.2) is 13.2 Å². The number of carbonyl (C=O) groups excluding carboxylic acids is 2. The van der Waals surface area contributed by atoms with Crippen LogP contribution < -0.4 is 4.72 Å². The molecule has 182 valence electrons. The van der Waals surface area contributed by atoms with Crippen molar-refractivity contribution in [1.29, 1.82) is 0 Å². The van der Waals surface area contributed by atoms with Gasteiger partial charge in [-0.1, -0.05) is 25.8 Å². The van der Waals surface area contributed by atoms with Crippen LogP contribution in [-0.2, 0) is 24.3 Å². The molecule has 1 unspecified atom stereocenters. The molecule has 0 aliphatic carbocycles. The van der Waals surface area contributed by atoms with E-state index in [4.69, 9.17) is 9.47 Å². The quantitative estimate of drug-likeness (QED) is 0.402. The van der Waals surface area contributed by atoms with Crippen molar-refractivity contribution in [2.24, 2.45) is 0 Å². The summed E-state index contributed by atoms with van der Waals surface area (Å²) in [5.74, 6) is -0.0835. The molecule has 0 saturated carbocycles. The first kappa shape index (κ1) is 27.8. The van der Waals surface area contributed by atoms with Crippen molar-refractivity contribution in [3.05, 3.63) is 72.5 Å². The lowest BCUT2D eigenvalue weighted by Gasteiger charge is -2.37. The molecule has 1 aliphatic rings. The highest BCUT2D eigenvalue weighted by molar-refractivity contribution is 7.88. The van der Waals surface area contributed by atoms with Gasteiger partial charge in [-0.05, 0) is 44.1 Å². The molecule has 2 amide bonds. The monoisotopic (exact) mass is 479 g/mol. The minimum atomic E-state index is -3.58. The van der Waals surface area contributed by atoms with Crippen LogP contribution in [0.2, 0.25) is 0 Å². The summed E-state index contributed by atoms with van der Waals surface area (Å²) < 4.78 is 35.9. The van der Waals surface area contributed by atoms with Gasteiger partial charge in [0.25, 0.3) is 0 Å². The van der Waals surface area contributed by atoms with Crippen LogP contribution in [0.3, 0.4) is 0 Å². The number of rotatable bonds is 9. The summed E-state index contributed by atoms with van der Waals surface area (Å²) in [4.78, 5) is 27.6. The SMILES string of the molecule is C=C(/C=C\C1=CN(C(=O)OC(C)C)CC(C)N1C(C)=O)C(=C)/C=C(/NS(C)(=O)=O)C(=C)OC. The molecule has 0 aromatic heterocycles. The van der Waals surface area contributed by atoms with Gasteiger partial charge in [0.1, 0.15) is 5.76 Å². The van der Waals surface area contributed by atoms with E-state index >= 15 is 0 Å². The summed E-state index contributed by atoms with van der Waals surface area (Å²) in [6, 6.07) is -0.279. The molecule has 1 rings (SSSR count). The van der Waals surface area contributed by atoms with E-state index in [1.54, 1.807) is 30.9 Å². The second-order valence-electron chi connectivity index (χ2n) is 7.82. The lowest BCUT2D eigenvalue weighted by atomic mass is 10.1. The summed E-state index contributed by atoms with van der Waals surface area (Å²) in [5, 5.41) is 0. The van der Waals surface area contributed by atoms with Crippen molar-refractivity contribution >= 4 is 22.0 Å². The molecular formula is C23H33N3O6S. The number of allylic oxidation sites excluding steroid dienone is 5. The molecular weight excluding hydrogens is 446 g/mol. The summed E-state index contributed by atoms with van der Waals surface area (Å²) >= 11 is 0. The number of methoxy groups -OCH3 is 1. The first-order valence-electron chi connectivity index (χ1n) is 10.1. The Balaban J connectivity index is 3.22. The van der Waals surface area contributed by atoms with E-state index in [9.17, 15) is 18.0 Å². The largest absolute Gasteiger partial charge is 0.495 e. The predicted molar refractivity (Wildman–Crippen MR) is 128 cm³/mol. The highest BCUT2D eigenvalue weighted by Crippen LogP contribution is 2.22. The van der Waals surface area contributed by atoms with Gasteiger partial charge in [0.05, 0.1) is 36.9 Å². The van der Waals surface area contributed by atoms with Crippen LogP contribution in [0, 0.1) is 0 Å². The molecule has 0 radical (unpaired) electrons. The average molecular weight is 480 g/mol. The van der Waals surface area contributed by atoms with Crippen LogP contribution >= 0.6 is 0 Å². The molecule has 0 saturated heterocycles. The second kappa shape index (κ2) is 11.6. The van der Waals surface area contributed by atoms with Gasteiger partial charge < -0.3 is 14.4 Å². The van der Waals surface area contributed by atoms with Crippen molar-refractivity contribution < 1.29 is 27.5 Å². The fraction of sp³-hybridized carbons (Fsp3) is 0.391. The van der Waals surface area contributed by atoms with E-state index in [-0.39, 0.29) is 29.5 Å². The maximum absolute atomic E-state index is 12.4. The first-order chi connectivity index (χ1) is 15.2. The Morgan fingerprint density at radius 2 is 1.85 bits per heavy atom. The number of hydrogen-bond acceptors (Lipinski definition) is 6. The third-order valence-electron chi connectivity index (χ3n) is 4.41. The Morgan fingerprint density at radius 1 is 1.24 bits per heavy atom. The minimum absolute atomic E-state index is 0.101. The molecule has 0 spiro atoms. The van der Waals surface area contributed by atoms with Crippen LogP contribution in [0.1, 0.15) is 27.7 Å². The summed E-state index contributed by atoms with van der Waals surface area (Å²) in [7, 11) is -2.21. The smallest absolute Gasteiger partial charge is 0.414 e. The Bertz CT molecular complexity index is 1020. The third-order valence-corrected chi connectivity index (χ3v) is 5.00. The van der Waals surface area contributed by atoms with E-state index in [1.807, 2.05) is 6.92 Å². The van der Waals surface area contributed by atoms with Crippen LogP contribution in [0.4, 0.5) is 4.79 Å². The Hall–Kier alpha value is -3.27. The Morgan fingerprint density at radius 3 is 2.33 bits per heavy atom. The summed E-state index contributed by atoms with van der Waals surface area (Å²) in [6.07, 6.45) is 6.43. The van der Waals surface area contributed by atoms with Crippen molar-refractivity contribution in [2.45, 2.75) is 39.8 Å². The molecule has 9 nitrogen and oxygen atoms in total. The van der Waals surface area contributed by atoms with Gasteiger partial charge in [-0.2, -0.15) is 0 Å². The zero-order valence-electron chi connectivity index (χ0n) is 20.0. The lowest BCUT2D eigenvalue weighted by Crippen LogP contribution is -2.48. The number of ether oxygens (including phenoxy) is 2. The average Bonchev–Trinajstić information content (AvgIpc) is 2.68. The van der Waals surface area contributed by atoms with Gasteiger partial charge >= 0.3 is 6.09 Å². The highest BCUT2D eigenvalue weighted by atomic mass is 32.2. The molecule has 1 aliphatic heterocycles. The fourth-order valence-corrected chi connectivity index (χ4v) is 3.52. The highest BCUT2D eigenvalue weighted by Gasteiger charge is 2.30. The van der Waals surface area contributed by atoms with Crippen LogP contribution in [0.5, 0.6) is 0 Å². The van der Waals surface area contributed by atoms with E-state index in [2.05, 4.69) is 24.5 Å². The van der Waals surface area contributed by atoms with E-state index < -0.39 is 16.1 Å². The maximum Gasteiger partial charge on any atom is 0.414 e. The number of nitrogens with zero attached hydrogens (tertiary/aromatic N) is 2. The van der Waals surface area contributed by atoms with Gasteiger partial charge in [-0.3, -0.25) is 14.4 Å². The number of nitrogens with one attached hydrogen (secondary N) is 1. The first-order valence-corrected chi connectivity index (χ1v) is 12.0. The van der Waals surface area contributed by atoms with E-state index in [1.165, 1.54) is 31.2 Å². The number of carbonyl (C=O) groups is 2. The van der Waals surface area contributed by atoms with Gasteiger partial charge in [-0.15, -0.1) is 0 Å². The normalized spacial score (nSPS) is 17.0. The molecule has 33 heavy (non-hydrogen) atoms. The second-order valence-corrected chi connectivity index (χ2v) is 9.57. The van der Waals surface area contributed by atoms with E-state index in [0.29, 0.717) is 23.4 Å². The number of hydrogen-bond donors (Lipinski definition) is 1. The van der Waals surface area contributed by atoms with Gasteiger partial charge in [0, 0.05) is 19.7 Å². The fourth-order valence-electron chi connectivity index (χ4n) is 2.94. The van der Waals surface area contributed by atoms with Crippen molar-refractivity contribution in [1.82, 2.24) is 14.5 Å². The molecule has 0 aromatic carbocycles. The summed E-state index contributed by atoms with van der Waals surface area (Å²) in [6.45, 7) is 18.6. The molecule has 1 atom stereocenters. The van der Waals surface area contributed by atoms with Crippen molar-refractivity contribution in [3.8, 4) is 0 Å². The molecule has 1 N–H and O–H groups in total. The molecule has 0 bridgehead atoms. The topological polar surface area (TPSA) is 105 Å². The Kier molecular flexibility index (Phi) is 9.72. The van der Waals surface area contributed by atoms with Crippen LogP contribution in [0.15, 0.2) is 72.5 Å². The zero-order chi connectivity index (χ0) is 25.5. The van der Waals surface area contributed by atoms with Crippen molar-refractivity contribution in [3.63, 3.8) is 0 Å². The van der Waals surface area contributed by atoms with Gasteiger partial charge in [0.2, 0.25) is 15.9 Å². The lowest BCUT2D eigenvalue weighted by molar-refractivity contribution is -0.129. The maximum atomic E-state index is 12.4. The molecule has 1 heterocycles. The van der Waals surface area contributed by atoms with Crippen LogP contribution in [-0.4, -0.2) is 62.3 Å².